The van der Waals surface area contributed by atoms with E-state index in [4.69, 9.17) is 14.0 Å². The molecule has 1 amide bonds. The molecule has 2 aromatic rings. The van der Waals surface area contributed by atoms with E-state index in [2.05, 4.69) is 23.1 Å². The normalized spacial score (nSPS) is 21.7. The van der Waals surface area contributed by atoms with Crippen LogP contribution in [0, 0.1) is 5.41 Å². The summed E-state index contributed by atoms with van der Waals surface area (Å²) in [5, 5.41) is 3.96. The highest BCUT2D eigenvalue weighted by Crippen LogP contribution is 2.38. The number of ether oxygens (including phenoxy) is 2. The predicted molar refractivity (Wildman–Crippen MR) is 101 cm³/mol. The molecule has 0 saturated carbocycles. The Hall–Kier alpha value is -2.22. The lowest BCUT2D eigenvalue weighted by Crippen LogP contribution is -2.45. The third kappa shape index (κ3) is 4.05. The van der Waals surface area contributed by atoms with Crippen molar-refractivity contribution in [2.75, 3.05) is 19.6 Å². The number of carbonyl (C=O) groups excluding carboxylic acids is 1. The van der Waals surface area contributed by atoms with Gasteiger partial charge in [0.2, 0.25) is 18.6 Å². The van der Waals surface area contributed by atoms with Crippen LogP contribution >= 0.6 is 11.8 Å². The summed E-state index contributed by atoms with van der Waals surface area (Å²) in [6, 6.07) is 6.08. The molecule has 1 atom stereocenters. The van der Waals surface area contributed by atoms with Crippen molar-refractivity contribution in [2.45, 2.75) is 38.5 Å². The Bertz CT molecular complexity index is 840. The second-order valence-corrected chi connectivity index (χ2v) is 8.33. The molecule has 27 heavy (non-hydrogen) atoms. The van der Waals surface area contributed by atoms with Crippen LogP contribution < -0.4 is 9.47 Å². The molecule has 0 radical (unpaired) electrons. The Morgan fingerprint density at radius 3 is 3.00 bits per heavy atom. The quantitative estimate of drug-likeness (QED) is 0.751. The van der Waals surface area contributed by atoms with E-state index in [1.807, 2.05) is 23.3 Å². The molecule has 3 heterocycles. The number of thioether (sulfide) groups is 1. The van der Waals surface area contributed by atoms with Gasteiger partial charge in [0.1, 0.15) is 0 Å². The zero-order valence-corrected chi connectivity index (χ0v) is 16.4. The number of aromatic nitrogens is 2. The molecular weight excluding hydrogens is 366 g/mol. The van der Waals surface area contributed by atoms with Crippen molar-refractivity contribution in [2.24, 2.45) is 5.41 Å². The van der Waals surface area contributed by atoms with Gasteiger partial charge in [0.25, 0.3) is 0 Å². The molecule has 4 rings (SSSR count). The maximum atomic E-state index is 12.4. The number of piperidine rings is 1. The average molecular weight is 389 g/mol. The minimum Gasteiger partial charge on any atom is -0.454 e. The van der Waals surface area contributed by atoms with Crippen LogP contribution in [0.2, 0.25) is 0 Å². The number of benzene rings is 1. The molecule has 7 nitrogen and oxygen atoms in total. The van der Waals surface area contributed by atoms with Gasteiger partial charge >= 0.3 is 0 Å². The van der Waals surface area contributed by atoms with Crippen LogP contribution in [-0.4, -0.2) is 40.5 Å². The fourth-order valence-corrected chi connectivity index (χ4v) is 4.11. The SMILES string of the molecule is CSCc1noc(CN2C[C@](C)(Cc3ccc4c(c3)OCO4)CCC2=O)n1. The summed E-state index contributed by atoms with van der Waals surface area (Å²) in [6.07, 6.45) is 4.26. The highest BCUT2D eigenvalue weighted by atomic mass is 32.2. The number of hydrogen-bond acceptors (Lipinski definition) is 7. The van der Waals surface area contributed by atoms with E-state index in [9.17, 15) is 4.79 Å². The second-order valence-electron chi connectivity index (χ2n) is 7.46. The van der Waals surface area contributed by atoms with Gasteiger partial charge in [-0.1, -0.05) is 18.1 Å². The minimum absolute atomic E-state index is 0.0102. The summed E-state index contributed by atoms with van der Waals surface area (Å²) in [7, 11) is 0. The molecule has 8 heteroatoms. The molecular formula is C19H23N3O4S. The molecule has 0 unspecified atom stereocenters. The fraction of sp³-hybridized carbons (Fsp3) is 0.526. The van der Waals surface area contributed by atoms with Crippen LogP contribution in [0.15, 0.2) is 22.7 Å². The molecule has 0 aliphatic carbocycles. The Morgan fingerprint density at radius 2 is 2.15 bits per heavy atom. The Balaban J connectivity index is 1.44. The number of rotatable bonds is 6. The van der Waals surface area contributed by atoms with E-state index >= 15 is 0 Å². The standard InChI is InChI=1S/C19H23N3O4S/c1-19(8-13-3-4-14-15(7-13)25-12-24-14)6-5-18(23)22(11-19)9-17-20-16(10-27-2)21-26-17/h3-4,7H,5-6,8-12H2,1-2H3/t19-/m0/s1. The van der Waals surface area contributed by atoms with Crippen molar-refractivity contribution >= 4 is 17.7 Å². The van der Waals surface area contributed by atoms with Crippen LogP contribution in [-0.2, 0) is 23.5 Å². The monoisotopic (exact) mass is 389 g/mol. The second kappa shape index (κ2) is 7.42. The maximum absolute atomic E-state index is 12.4. The molecule has 1 saturated heterocycles. The molecule has 0 spiro atoms. The first-order valence-corrected chi connectivity index (χ1v) is 10.4. The van der Waals surface area contributed by atoms with Gasteiger partial charge in [-0.2, -0.15) is 16.7 Å². The smallest absolute Gasteiger partial charge is 0.246 e. The third-order valence-electron chi connectivity index (χ3n) is 5.05. The van der Waals surface area contributed by atoms with Crippen molar-refractivity contribution in [1.29, 1.82) is 0 Å². The van der Waals surface area contributed by atoms with E-state index in [0.717, 1.165) is 24.3 Å². The van der Waals surface area contributed by atoms with E-state index < -0.39 is 0 Å². The molecule has 2 aliphatic heterocycles. The van der Waals surface area contributed by atoms with Gasteiger partial charge < -0.3 is 18.9 Å². The van der Waals surface area contributed by atoms with Crippen LogP contribution in [0.5, 0.6) is 11.5 Å². The highest BCUT2D eigenvalue weighted by molar-refractivity contribution is 7.97. The van der Waals surface area contributed by atoms with Crippen molar-refractivity contribution in [3.63, 3.8) is 0 Å². The average Bonchev–Trinajstić information content (AvgIpc) is 3.27. The van der Waals surface area contributed by atoms with E-state index in [-0.39, 0.29) is 18.1 Å². The lowest BCUT2D eigenvalue weighted by Gasteiger charge is -2.40. The number of nitrogens with zero attached hydrogens (tertiary/aromatic N) is 3. The lowest BCUT2D eigenvalue weighted by atomic mass is 9.76. The zero-order valence-electron chi connectivity index (χ0n) is 15.6. The van der Waals surface area contributed by atoms with Crippen LogP contribution in [0.4, 0.5) is 0 Å². The van der Waals surface area contributed by atoms with Crippen molar-refractivity contribution in [3.05, 3.63) is 35.5 Å². The van der Waals surface area contributed by atoms with Gasteiger partial charge in [-0.05, 0) is 42.2 Å². The summed E-state index contributed by atoms with van der Waals surface area (Å²) in [4.78, 5) is 18.6. The molecule has 0 bridgehead atoms. The summed E-state index contributed by atoms with van der Waals surface area (Å²) in [6.45, 7) is 3.54. The Kier molecular flexibility index (Phi) is 4.99. The number of carbonyl (C=O) groups is 1. The van der Waals surface area contributed by atoms with Gasteiger partial charge in [0.15, 0.2) is 17.3 Å². The Morgan fingerprint density at radius 1 is 1.30 bits per heavy atom. The van der Waals surface area contributed by atoms with Crippen LogP contribution in [0.25, 0.3) is 0 Å². The zero-order chi connectivity index (χ0) is 18.9. The fourth-order valence-electron chi connectivity index (χ4n) is 3.73. The molecule has 2 aliphatic rings. The minimum atomic E-state index is -0.0102. The first-order chi connectivity index (χ1) is 13.0. The van der Waals surface area contributed by atoms with Crippen molar-refractivity contribution in [3.8, 4) is 11.5 Å². The number of amides is 1. The summed E-state index contributed by atoms with van der Waals surface area (Å²) in [5.74, 6) is 3.61. The summed E-state index contributed by atoms with van der Waals surface area (Å²) < 4.78 is 16.2. The predicted octanol–water partition coefficient (Wildman–Crippen LogP) is 3.03. The molecule has 1 aromatic carbocycles. The third-order valence-corrected chi connectivity index (χ3v) is 5.59. The van der Waals surface area contributed by atoms with Crippen LogP contribution in [0.1, 0.15) is 37.0 Å². The summed E-state index contributed by atoms with van der Waals surface area (Å²) >= 11 is 1.64. The molecule has 1 aromatic heterocycles. The maximum Gasteiger partial charge on any atom is 0.246 e. The van der Waals surface area contributed by atoms with Crippen molar-refractivity contribution < 1.29 is 18.8 Å². The molecule has 144 valence electrons. The lowest BCUT2D eigenvalue weighted by molar-refractivity contribution is -0.138. The topological polar surface area (TPSA) is 77.7 Å². The van der Waals surface area contributed by atoms with Crippen molar-refractivity contribution in [1.82, 2.24) is 15.0 Å². The van der Waals surface area contributed by atoms with Gasteiger partial charge in [-0.25, -0.2) is 0 Å². The van der Waals surface area contributed by atoms with Gasteiger partial charge in [0, 0.05) is 13.0 Å². The van der Waals surface area contributed by atoms with Gasteiger partial charge in [0.05, 0.1) is 12.3 Å². The Labute approximate surface area is 162 Å². The van der Waals surface area contributed by atoms with E-state index in [0.29, 0.717) is 37.0 Å². The van der Waals surface area contributed by atoms with Gasteiger partial charge in [-0.3, -0.25) is 4.79 Å². The van der Waals surface area contributed by atoms with E-state index in [1.165, 1.54) is 5.56 Å². The van der Waals surface area contributed by atoms with Crippen LogP contribution in [0.3, 0.4) is 0 Å². The summed E-state index contributed by atoms with van der Waals surface area (Å²) in [5.41, 5.74) is 1.18. The number of hydrogen-bond donors (Lipinski definition) is 0. The highest BCUT2D eigenvalue weighted by Gasteiger charge is 2.36. The largest absolute Gasteiger partial charge is 0.454 e. The first-order valence-electron chi connectivity index (χ1n) is 9.01. The number of fused-ring (bicyclic) bond motifs is 1. The van der Waals surface area contributed by atoms with E-state index in [1.54, 1.807) is 11.8 Å². The molecule has 0 N–H and O–H groups in total. The van der Waals surface area contributed by atoms with Gasteiger partial charge in [-0.15, -0.1) is 0 Å². The number of likely N-dealkylation sites (tertiary alicyclic amines) is 1. The first kappa shape index (κ1) is 18.2. The molecule has 1 fully saturated rings.